The van der Waals surface area contributed by atoms with Gasteiger partial charge in [-0.1, -0.05) is 43.5 Å². The highest BCUT2D eigenvalue weighted by Crippen LogP contribution is 2.37. The van der Waals surface area contributed by atoms with E-state index in [2.05, 4.69) is 24.3 Å². The van der Waals surface area contributed by atoms with Crippen LogP contribution in [0.4, 0.5) is 0 Å². The van der Waals surface area contributed by atoms with Crippen LogP contribution >= 0.6 is 22.9 Å². The summed E-state index contributed by atoms with van der Waals surface area (Å²) >= 11 is 8.25. The molecule has 1 heterocycles. The van der Waals surface area contributed by atoms with Crippen LogP contribution < -0.4 is 4.74 Å². The highest BCUT2D eigenvalue weighted by atomic mass is 35.5. The molecule has 3 rings (SSSR count). The first kappa shape index (κ1) is 14.9. The van der Waals surface area contributed by atoms with E-state index in [-0.39, 0.29) is 5.38 Å². The zero-order valence-electron chi connectivity index (χ0n) is 12.3. The van der Waals surface area contributed by atoms with Gasteiger partial charge in [-0.2, -0.15) is 0 Å². The smallest absolute Gasteiger partial charge is 0.129 e. The van der Waals surface area contributed by atoms with E-state index >= 15 is 0 Å². The Labute approximate surface area is 135 Å². The Morgan fingerprint density at radius 2 is 1.86 bits per heavy atom. The second-order valence-corrected chi connectivity index (χ2v) is 7.13. The third-order valence-corrected chi connectivity index (χ3v) is 5.98. The minimum absolute atomic E-state index is 0.0840. The third kappa shape index (κ3) is 3.44. The van der Waals surface area contributed by atoms with Crippen LogP contribution in [0.25, 0.3) is 0 Å². The van der Waals surface area contributed by atoms with Crippen molar-refractivity contribution in [3.05, 3.63) is 51.7 Å². The SMILES string of the molecule is COc1csc(C(Cl)c2ccc(C3CCCCC3)cc2)c1. The Morgan fingerprint density at radius 3 is 2.48 bits per heavy atom. The van der Waals surface area contributed by atoms with Gasteiger partial charge in [0, 0.05) is 10.3 Å². The number of rotatable bonds is 4. The molecule has 0 N–H and O–H groups in total. The van der Waals surface area contributed by atoms with Gasteiger partial charge >= 0.3 is 0 Å². The molecule has 1 atom stereocenters. The van der Waals surface area contributed by atoms with Crippen LogP contribution in [0.15, 0.2) is 35.7 Å². The Bertz CT molecular complexity index is 569. The van der Waals surface area contributed by atoms with Crippen LogP contribution in [0, 0.1) is 0 Å². The van der Waals surface area contributed by atoms with Gasteiger partial charge < -0.3 is 4.74 Å². The quantitative estimate of drug-likeness (QED) is 0.615. The maximum Gasteiger partial charge on any atom is 0.129 e. The molecule has 1 fully saturated rings. The molecule has 2 aromatic rings. The second kappa shape index (κ2) is 6.85. The second-order valence-electron chi connectivity index (χ2n) is 5.75. The molecule has 0 aliphatic heterocycles. The van der Waals surface area contributed by atoms with Crippen molar-refractivity contribution in [3.8, 4) is 5.75 Å². The van der Waals surface area contributed by atoms with Crippen LogP contribution in [0.2, 0.25) is 0 Å². The molecule has 0 bridgehead atoms. The van der Waals surface area contributed by atoms with Gasteiger partial charge in [0.15, 0.2) is 0 Å². The van der Waals surface area contributed by atoms with Crippen LogP contribution in [0.1, 0.15) is 59.4 Å². The molecule has 1 saturated carbocycles. The van der Waals surface area contributed by atoms with E-state index in [1.807, 2.05) is 11.4 Å². The normalized spacial score (nSPS) is 17.6. The molecule has 21 heavy (non-hydrogen) atoms. The van der Waals surface area contributed by atoms with E-state index in [1.165, 1.54) is 43.2 Å². The van der Waals surface area contributed by atoms with Crippen LogP contribution in [-0.4, -0.2) is 7.11 Å². The zero-order chi connectivity index (χ0) is 14.7. The van der Waals surface area contributed by atoms with Gasteiger partial charge in [0.25, 0.3) is 0 Å². The molecule has 1 aliphatic rings. The molecular weight excluding hydrogens is 300 g/mol. The number of ether oxygens (including phenoxy) is 1. The Hall–Kier alpha value is -0.990. The predicted molar refractivity (Wildman–Crippen MR) is 90.8 cm³/mol. The van der Waals surface area contributed by atoms with Crippen molar-refractivity contribution in [2.24, 2.45) is 0 Å². The summed E-state index contributed by atoms with van der Waals surface area (Å²) in [4.78, 5) is 1.14. The van der Waals surface area contributed by atoms with Gasteiger partial charge in [0.1, 0.15) is 5.75 Å². The Kier molecular flexibility index (Phi) is 4.87. The summed E-state index contributed by atoms with van der Waals surface area (Å²) in [6, 6.07) is 10.9. The van der Waals surface area contributed by atoms with Crippen molar-refractivity contribution in [2.45, 2.75) is 43.4 Å². The molecule has 1 unspecified atom stereocenters. The summed E-state index contributed by atoms with van der Waals surface area (Å²) in [5, 5.41) is 1.92. The van der Waals surface area contributed by atoms with Crippen molar-refractivity contribution in [1.82, 2.24) is 0 Å². The van der Waals surface area contributed by atoms with E-state index in [4.69, 9.17) is 16.3 Å². The van der Waals surface area contributed by atoms with Crippen molar-refractivity contribution < 1.29 is 4.74 Å². The van der Waals surface area contributed by atoms with Crippen molar-refractivity contribution in [2.75, 3.05) is 7.11 Å². The summed E-state index contributed by atoms with van der Waals surface area (Å²) in [6.07, 6.45) is 6.83. The van der Waals surface area contributed by atoms with E-state index in [1.54, 1.807) is 18.4 Å². The van der Waals surface area contributed by atoms with E-state index in [0.29, 0.717) is 0 Å². The Morgan fingerprint density at radius 1 is 1.14 bits per heavy atom. The van der Waals surface area contributed by atoms with Gasteiger partial charge in [0.05, 0.1) is 12.5 Å². The molecule has 1 aromatic carbocycles. The summed E-state index contributed by atoms with van der Waals surface area (Å²) < 4.78 is 5.23. The van der Waals surface area contributed by atoms with Crippen LogP contribution in [-0.2, 0) is 0 Å². The van der Waals surface area contributed by atoms with Gasteiger partial charge in [-0.3, -0.25) is 0 Å². The van der Waals surface area contributed by atoms with E-state index < -0.39 is 0 Å². The van der Waals surface area contributed by atoms with Gasteiger partial charge in [-0.15, -0.1) is 22.9 Å². The number of thiophene rings is 1. The number of benzene rings is 1. The lowest BCUT2D eigenvalue weighted by Crippen LogP contribution is -2.04. The fourth-order valence-corrected chi connectivity index (χ4v) is 4.33. The fourth-order valence-electron chi connectivity index (χ4n) is 3.11. The first-order valence-corrected chi connectivity index (χ1v) is 8.96. The number of hydrogen-bond acceptors (Lipinski definition) is 2. The topological polar surface area (TPSA) is 9.23 Å². The average Bonchev–Trinajstić information content (AvgIpc) is 3.04. The van der Waals surface area contributed by atoms with Crippen molar-refractivity contribution in [1.29, 1.82) is 0 Å². The van der Waals surface area contributed by atoms with E-state index in [9.17, 15) is 0 Å². The largest absolute Gasteiger partial charge is 0.496 e. The monoisotopic (exact) mass is 320 g/mol. The lowest BCUT2D eigenvalue weighted by molar-refractivity contribution is 0.416. The van der Waals surface area contributed by atoms with Gasteiger partial charge in [-0.05, 0) is 36.0 Å². The molecular formula is C18H21ClOS. The highest BCUT2D eigenvalue weighted by molar-refractivity contribution is 7.10. The van der Waals surface area contributed by atoms with Crippen LogP contribution in [0.5, 0.6) is 5.75 Å². The molecule has 1 nitrogen and oxygen atoms in total. The number of hydrogen-bond donors (Lipinski definition) is 0. The maximum atomic E-state index is 6.59. The van der Waals surface area contributed by atoms with Gasteiger partial charge in [-0.25, -0.2) is 0 Å². The lowest BCUT2D eigenvalue weighted by Gasteiger charge is -2.22. The number of methoxy groups -OCH3 is 1. The highest BCUT2D eigenvalue weighted by Gasteiger charge is 2.17. The summed E-state index contributed by atoms with van der Waals surface area (Å²) in [7, 11) is 1.69. The Balaban J connectivity index is 1.73. The molecule has 0 radical (unpaired) electrons. The minimum Gasteiger partial charge on any atom is -0.496 e. The summed E-state index contributed by atoms with van der Waals surface area (Å²) in [5.41, 5.74) is 2.65. The standard InChI is InChI=1S/C18H21ClOS/c1-20-16-11-17(21-12-16)18(19)15-9-7-14(8-10-15)13-5-3-2-4-6-13/h7-13,18H,2-6H2,1H3. The minimum atomic E-state index is -0.0840. The van der Waals surface area contributed by atoms with Crippen molar-refractivity contribution in [3.63, 3.8) is 0 Å². The first-order valence-electron chi connectivity index (χ1n) is 7.64. The van der Waals surface area contributed by atoms with E-state index in [0.717, 1.165) is 16.5 Å². The molecule has 112 valence electrons. The molecule has 1 aliphatic carbocycles. The fraction of sp³-hybridized carbons (Fsp3) is 0.444. The number of halogens is 1. The predicted octanol–water partition coefficient (Wildman–Crippen LogP) is 6.13. The first-order chi connectivity index (χ1) is 10.3. The third-order valence-electron chi connectivity index (χ3n) is 4.39. The average molecular weight is 321 g/mol. The molecule has 0 spiro atoms. The van der Waals surface area contributed by atoms with Crippen molar-refractivity contribution >= 4 is 22.9 Å². The molecule has 0 saturated heterocycles. The number of alkyl halides is 1. The summed E-state index contributed by atoms with van der Waals surface area (Å²) in [5.74, 6) is 1.64. The van der Waals surface area contributed by atoms with Gasteiger partial charge in [0.2, 0.25) is 0 Å². The van der Waals surface area contributed by atoms with Crippen LogP contribution in [0.3, 0.4) is 0 Å². The molecule has 1 aromatic heterocycles. The molecule has 0 amide bonds. The molecule has 3 heteroatoms. The summed E-state index contributed by atoms with van der Waals surface area (Å²) in [6.45, 7) is 0. The maximum absolute atomic E-state index is 6.59. The zero-order valence-corrected chi connectivity index (χ0v) is 13.9. The lowest BCUT2D eigenvalue weighted by atomic mass is 9.84.